The Morgan fingerprint density at radius 1 is 1.27 bits per heavy atom. The monoisotopic (exact) mass is 145 g/mol. The Kier molecular flexibility index (Phi) is 2.13. The lowest BCUT2D eigenvalue weighted by molar-refractivity contribution is 1.35. The molecule has 0 aromatic heterocycles. The smallest absolute Gasteiger partial charge is 0.0120 e. The Labute approximate surface area is 68.6 Å². The summed E-state index contributed by atoms with van der Waals surface area (Å²) in [6.45, 7) is 10.0. The number of allylic oxidation sites excluding steroid dienone is 1. The van der Waals surface area contributed by atoms with Crippen LogP contribution >= 0.6 is 0 Å². The van der Waals surface area contributed by atoms with E-state index in [0.717, 1.165) is 5.57 Å². The first-order valence-corrected chi connectivity index (χ1v) is 3.76. The molecule has 0 aliphatic carbocycles. The molecule has 57 valence electrons. The zero-order valence-electron chi connectivity index (χ0n) is 7.36. The molecule has 0 aliphatic heterocycles. The largest absolute Gasteiger partial charge is 0.0955 e. The fraction of sp³-hybridized carbons (Fsp3) is 0.273. The predicted octanol–water partition coefficient (Wildman–Crippen LogP) is 3.14. The van der Waals surface area contributed by atoms with Crippen LogP contribution in [0.15, 0.2) is 18.7 Å². The van der Waals surface area contributed by atoms with Crippen LogP contribution in [0.3, 0.4) is 0 Å². The van der Waals surface area contributed by atoms with Crippen molar-refractivity contribution in [2.45, 2.75) is 20.8 Å². The highest BCUT2D eigenvalue weighted by molar-refractivity contribution is 5.62. The van der Waals surface area contributed by atoms with Gasteiger partial charge in [-0.05, 0) is 43.5 Å². The Balaban J connectivity index is 3.19. The minimum atomic E-state index is 1.12. The van der Waals surface area contributed by atoms with E-state index in [1.165, 1.54) is 16.7 Å². The van der Waals surface area contributed by atoms with E-state index in [4.69, 9.17) is 0 Å². The summed E-state index contributed by atoms with van der Waals surface area (Å²) in [5, 5.41) is 0. The first kappa shape index (κ1) is 8.06. The average molecular weight is 145 g/mol. The maximum Gasteiger partial charge on any atom is -0.0120 e. The molecular formula is C11H13. The van der Waals surface area contributed by atoms with Crippen molar-refractivity contribution in [3.05, 3.63) is 41.5 Å². The Hall–Kier alpha value is -1.04. The van der Waals surface area contributed by atoms with Gasteiger partial charge in [-0.1, -0.05) is 24.3 Å². The standard InChI is InChI=1S/C11H13/c1-8(2)11-6-9(3)5-10(4)7-11/h6-7H,1H2,2-4H3. The van der Waals surface area contributed by atoms with Gasteiger partial charge in [0.2, 0.25) is 0 Å². The fourth-order valence-corrected chi connectivity index (χ4v) is 1.14. The molecule has 0 aliphatic rings. The molecule has 0 unspecified atom stereocenters. The van der Waals surface area contributed by atoms with Crippen molar-refractivity contribution in [3.8, 4) is 0 Å². The number of hydrogen-bond donors (Lipinski definition) is 0. The summed E-state index contributed by atoms with van der Waals surface area (Å²) >= 11 is 0. The number of hydrogen-bond acceptors (Lipinski definition) is 0. The molecule has 1 aromatic carbocycles. The predicted molar refractivity (Wildman–Crippen MR) is 49.5 cm³/mol. The van der Waals surface area contributed by atoms with Gasteiger partial charge in [0.15, 0.2) is 0 Å². The number of benzene rings is 1. The van der Waals surface area contributed by atoms with Gasteiger partial charge >= 0.3 is 0 Å². The van der Waals surface area contributed by atoms with Crippen molar-refractivity contribution in [2.75, 3.05) is 0 Å². The van der Waals surface area contributed by atoms with Crippen molar-refractivity contribution >= 4 is 5.57 Å². The highest BCUT2D eigenvalue weighted by Gasteiger charge is 1.95. The fourth-order valence-electron chi connectivity index (χ4n) is 1.14. The molecule has 1 radical (unpaired) electrons. The van der Waals surface area contributed by atoms with Gasteiger partial charge in [0.25, 0.3) is 0 Å². The summed E-state index contributed by atoms with van der Waals surface area (Å²) in [5.41, 5.74) is 4.70. The van der Waals surface area contributed by atoms with E-state index in [2.05, 4.69) is 38.6 Å². The van der Waals surface area contributed by atoms with Gasteiger partial charge in [0.1, 0.15) is 0 Å². The van der Waals surface area contributed by atoms with Crippen LogP contribution in [0.25, 0.3) is 5.57 Å². The van der Waals surface area contributed by atoms with Crippen molar-refractivity contribution in [2.24, 2.45) is 0 Å². The van der Waals surface area contributed by atoms with Crippen LogP contribution in [-0.2, 0) is 0 Å². The van der Waals surface area contributed by atoms with E-state index in [0.29, 0.717) is 0 Å². The summed E-state index contributed by atoms with van der Waals surface area (Å²) in [6, 6.07) is 7.44. The summed E-state index contributed by atoms with van der Waals surface area (Å²) in [6.07, 6.45) is 0. The molecule has 0 heteroatoms. The molecule has 0 N–H and O–H groups in total. The van der Waals surface area contributed by atoms with Crippen LogP contribution in [-0.4, -0.2) is 0 Å². The van der Waals surface area contributed by atoms with Crippen LogP contribution < -0.4 is 0 Å². The molecule has 0 heterocycles. The molecule has 0 atom stereocenters. The second-order valence-corrected chi connectivity index (χ2v) is 3.02. The third-order valence-electron chi connectivity index (χ3n) is 1.63. The van der Waals surface area contributed by atoms with E-state index in [1.807, 2.05) is 6.92 Å². The molecular weight excluding hydrogens is 132 g/mol. The van der Waals surface area contributed by atoms with Gasteiger partial charge < -0.3 is 0 Å². The first-order valence-electron chi connectivity index (χ1n) is 3.76. The Bertz CT molecular complexity index is 262. The quantitative estimate of drug-likeness (QED) is 0.569. The lowest BCUT2D eigenvalue weighted by Gasteiger charge is -2.02. The van der Waals surface area contributed by atoms with Gasteiger partial charge in [-0.2, -0.15) is 0 Å². The Morgan fingerprint density at radius 2 is 1.73 bits per heavy atom. The zero-order chi connectivity index (χ0) is 8.43. The zero-order valence-corrected chi connectivity index (χ0v) is 7.36. The molecule has 0 nitrogen and oxygen atoms in total. The minimum absolute atomic E-state index is 1.12. The lowest BCUT2D eigenvalue weighted by Crippen LogP contribution is -1.83. The number of rotatable bonds is 1. The highest BCUT2D eigenvalue weighted by atomic mass is 14.0. The summed E-state index contributed by atoms with van der Waals surface area (Å²) in [4.78, 5) is 0. The third-order valence-corrected chi connectivity index (χ3v) is 1.63. The SMILES string of the molecule is C=C(C)c1cc(C)[c]c(C)c1. The normalized spacial score (nSPS) is 9.73. The third kappa shape index (κ3) is 1.94. The van der Waals surface area contributed by atoms with Crippen LogP contribution in [0.2, 0.25) is 0 Å². The van der Waals surface area contributed by atoms with E-state index in [9.17, 15) is 0 Å². The van der Waals surface area contributed by atoms with E-state index in [-0.39, 0.29) is 0 Å². The average Bonchev–Trinajstić information content (AvgIpc) is 1.85. The molecule has 0 spiro atoms. The first-order chi connectivity index (χ1) is 5.09. The minimum Gasteiger partial charge on any atom is -0.0955 e. The maximum absolute atomic E-state index is 3.89. The molecule has 0 amide bonds. The second-order valence-electron chi connectivity index (χ2n) is 3.02. The van der Waals surface area contributed by atoms with Crippen molar-refractivity contribution in [1.29, 1.82) is 0 Å². The second kappa shape index (κ2) is 2.91. The van der Waals surface area contributed by atoms with Gasteiger partial charge in [-0.25, -0.2) is 0 Å². The van der Waals surface area contributed by atoms with Crippen LogP contribution in [0.4, 0.5) is 0 Å². The van der Waals surface area contributed by atoms with Crippen molar-refractivity contribution in [1.82, 2.24) is 0 Å². The van der Waals surface area contributed by atoms with E-state index < -0.39 is 0 Å². The lowest BCUT2D eigenvalue weighted by atomic mass is 10.0. The molecule has 1 aromatic rings. The highest BCUT2D eigenvalue weighted by Crippen LogP contribution is 2.14. The van der Waals surface area contributed by atoms with Crippen molar-refractivity contribution < 1.29 is 0 Å². The number of aryl methyl sites for hydroxylation is 2. The van der Waals surface area contributed by atoms with Gasteiger partial charge in [0.05, 0.1) is 0 Å². The van der Waals surface area contributed by atoms with Crippen molar-refractivity contribution in [3.63, 3.8) is 0 Å². The summed E-state index contributed by atoms with van der Waals surface area (Å²) in [5.74, 6) is 0. The van der Waals surface area contributed by atoms with Gasteiger partial charge in [0, 0.05) is 0 Å². The van der Waals surface area contributed by atoms with Crippen LogP contribution in [0.1, 0.15) is 23.6 Å². The van der Waals surface area contributed by atoms with E-state index >= 15 is 0 Å². The van der Waals surface area contributed by atoms with Gasteiger partial charge in [-0.15, -0.1) is 0 Å². The topological polar surface area (TPSA) is 0 Å². The molecule has 11 heavy (non-hydrogen) atoms. The molecule has 0 bridgehead atoms. The van der Waals surface area contributed by atoms with Crippen LogP contribution in [0.5, 0.6) is 0 Å². The summed E-state index contributed by atoms with van der Waals surface area (Å²) in [7, 11) is 0. The van der Waals surface area contributed by atoms with Crippen LogP contribution in [0, 0.1) is 19.9 Å². The molecule has 0 saturated heterocycles. The maximum atomic E-state index is 3.89. The summed E-state index contributed by atoms with van der Waals surface area (Å²) < 4.78 is 0. The molecule has 1 rings (SSSR count). The molecule has 0 saturated carbocycles. The van der Waals surface area contributed by atoms with E-state index in [1.54, 1.807) is 0 Å². The van der Waals surface area contributed by atoms with Gasteiger partial charge in [-0.3, -0.25) is 0 Å². The molecule has 0 fully saturated rings. The Morgan fingerprint density at radius 3 is 2.09 bits per heavy atom.